The lowest BCUT2D eigenvalue weighted by molar-refractivity contribution is 0.371. The third kappa shape index (κ3) is 0.982. The van der Waals surface area contributed by atoms with Gasteiger partial charge in [0.1, 0.15) is 0 Å². The maximum Gasteiger partial charge on any atom is 0.201 e. The van der Waals surface area contributed by atoms with Crippen LogP contribution in [0.2, 0.25) is 0 Å². The molecule has 4 N–H and O–H groups in total. The number of phenolic OH excluding ortho intramolecular Hbond substituents is 3. The van der Waals surface area contributed by atoms with Crippen LogP contribution in [0.3, 0.4) is 0 Å². The smallest absolute Gasteiger partial charge is 0.201 e. The van der Waals surface area contributed by atoms with Crippen LogP contribution in [-0.2, 0) is 0 Å². The third-order valence-electron chi connectivity index (χ3n) is 2.72. The van der Waals surface area contributed by atoms with Crippen LogP contribution in [0, 0.1) is 0 Å². The van der Waals surface area contributed by atoms with Gasteiger partial charge in [-0.3, -0.25) is 0 Å². The Labute approximate surface area is 90.4 Å². The first-order valence-corrected chi connectivity index (χ1v) is 4.83. The number of H-pyrrole nitrogens is 1. The van der Waals surface area contributed by atoms with Gasteiger partial charge in [0.05, 0.1) is 10.9 Å². The summed E-state index contributed by atoms with van der Waals surface area (Å²) in [6.07, 6.45) is 0. The summed E-state index contributed by atoms with van der Waals surface area (Å²) < 4.78 is 0. The van der Waals surface area contributed by atoms with E-state index >= 15 is 0 Å². The first-order valence-electron chi connectivity index (χ1n) is 4.83. The summed E-state index contributed by atoms with van der Waals surface area (Å²) >= 11 is 0. The molecule has 0 saturated carbocycles. The summed E-state index contributed by atoms with van der Waals surface area (Å²) in [5.74, 6) is -1.12. The Balaban J connectivity index is 2.62. The Morgan fingerprint density at radius 2 is 1.62 bits per heavy atom. The summed E-state index contributed by atoms with van der Waals surface area (Å²) in [4.78, 5) is 3.06. The molecule has 4 heteroatoms. The van der Waals surface area contributed by atoms with E-state index in [-0.39, 0.29) is 11.5 Å². The van der Waals surface area contributed by atoms with E-state index in [2.05, 4.69) is 4.98 Å². The van der Waals surface area contributed by atoms with E-state index in [1.165, 1.54) is 6.07 Å². The quantitative estimate of drug-likeness (QED) is 0.435. The van der Waals surface area contributed by atoms with Crippen LogP contribution in [-0.4, -0.2) is 20.3 Å². The van der Waals surface area contributed by atoms with Gasteiger partial charge in [-0.05, 0) is 6.07 Å². The molecule has 3 rings (SSSR count). The molecule has 80 valence electrons. The fourth-order valence-corrected chi connectivity index (χ4v) is 1.97. The number of aromatic nitrogens is 1. The van der Waals surface area contributed by atoms with Gasteiger partial charge in [-0.15, -0.1) is 0 Å². The molecule has 2 aromatic carbocycles. The number of aromatic amines is 1. The largest absolute Gasteiger partial charge is 0.504 e. The first kappa shape index (κ1) is 8.91. The van der Waals surface area contributed by atoms with Crippen LogP contribution in [0.1, 0.15) is 0 Å². The molecule has 0 atom stereocenters. The van der Waals surface area contributed by atoms with Crippen molar-refractivity contribution in [2.75, 3.05) is 0 Å². The highest BCUT2D eigenvalue weighted by Crippen LogP contribution is 2.43. The monoisotopic (exact) mass is 215 g/mol. The molecule has 0 radical (unpaired) electrons. The van der Waals surface area contributed by atoms with E-state index in [0.717, 1.165) is 10.9 Å². The van der Waals surface area contributed by atoms with Crippen LogP contribution in [0.15, 0.2) is 30.3 Å². The molecule has 3 aromatic rings. The Morgan fingerprint density at radius 1 is 0.875 bits per heavy atom. The van der Waals surface area contributed by atoms with Gasteiger partial charge in [-0.1, -0.05) is 18.2 Å². The minimum absolute atomic E-state index is 0.299. The molecular weight excluding hydrogens is 206 g/mol. The van der Waals surface area contributed by atoms with E-state index in [0.29, 0.717) is 10.9 Å². The molecule has 4 nitrogen and oxygen atoms in total. The van der Waals surface area contributed by atoms with Crippen LogP contribution in [0.25, 0.3) is 21.8 Å². The number of para-hydroxylation sites is 1. The summed E-state index contributed by atoms with van der Waals surface area (Å²) in [5, 5.41) is 30.0. The van der Waals surface area contributed by atoms with Gasteiger partial charge in [0.25, 0.3) is 0 Å². The fourth-order valence-electron chi connectivity index (χ4n) is 1.97. The lowest BCUT2D eigenvalue weighted by Gasteiger charge is -2.01. The fraction of sp³-hybridized carbons (Fsp3) is 0. The number of rotatable bonds is 0. The Morgan fingerprint density at radius 3 is 2.44 bits per heavy atom. The van der Waals surface area contributed by atoms with Crippen molar-refractivity contribution in [1.82, 2.24) is 4.98 Å². The molecular formula is C12H9NO3. The van der Waals surface area contributed by atoms with Crippen molar-refractivity contribution in [2.24, 2.45) is 0 Å². The van der Waals surface area contributed by atoms with Crippen LogP contribution < -0.4 is 0 Å². The zero-order valence-electron chi connectivity index (χ0n) is 8.23. The van der Waals surface area contributed by atoms with Gasteiger partial charge in [-0.25, -0.2) is 0 Å². The van der Waals surface area contributed by atoms with E-state index in [1.807, 2.05) is 24.3 Å². The molecule has 0 aliphatic heterocycles. The lowest BCUT2D eigenvalue weighted by Crippen LogP contribution is -1.74. The highest BCUT2D eigenvalue weighted by atomic mass is 16.3. The van der Waals surface area contributed by atoms with Gasteiger partial charge in [0.15, 0.2) is 11.5 Å². The van der Waals surface area contributed by atoms with Gasteiger partial charge in [0.2, 0.25) is 5.75 Å². The van der Waals surface area contributed by atoms with Crippen molar-refractivity contribution < 1.29 is 15.3 Å². The average molecular weight is 215 g/mol. The molecule has 0 saturated heterocycles. The molecule has 1 heterocycles. The molecule has 1 aromatic heterocycles. The normalized spacial score (nSPS) is 11.2. The molecule has 0 amide bonds. The molecule has 0 aliphatic carbocycles. The number of aromatic hydroxyl groups is 3. The van der Waals surface area contributed by atoms with Crippen molar-refractivity contribution >= 4 is 21.8 Å². The zero-order chi connectivity index (χ0) is 11.3. The van der Waals surface area contributed by atoms with E-state index in [1.54, 1.807) is 0 Å². The molecule has 0 fully saturated rings. The van der Waals surface area contributed by atoms with Gasteiger partial charge >= 0.3 is 0 Å². The van der Waals surface area contributed by atoms with Crippen molar-refractivity contribution in [3.63, 3.8) is 0 Å². The topological polar surface area (TPSA) is 76.5 Å². The summed E-state index contributed by atoms with van der Waals surface area (Å²) in [6, 6.07) is 8.81. The van der Waals surface area contributed by atoms with E-state index in [4.69, 9.17) is 0 Å². The lowest BCUT2D eigenvalue weighted by atomic mass is 10.1. The second-order valence-electron chi connectivity index (χ2n) is 3.69. The predicted molar refractivity (Wildman–Crippen MR) is 60.8 cm³/mol. The third-order valence-corrected chi connectivity index (χ3v) is 2.72. The van der Waals surface area contributed by atoms with Crippen molar-refractivity contribution in [2.45, 2.75) is 0 Å². The van der Waals surface area contributed by atoms with Crippen LogP contribution in [0.5, 0.6) is 17.2 Å². The zero-order valence-corrected chi connectivity index (χ0v) is 8.23. The van der Waals surface area contributed by atoms with Crippen molar-refractivity contribution in [3.05, 3.63) is 30.3 Å². The number of benzene rings is 2. The van der Waals surface area contributed by atoms with Gasteiger partial charge in [0, 0.05) is 17.0 Å². The number of phenols is 3. The Kier molecular flexibility index (Phi) is 1.57. The molecule has 0 aliphatic rings. The number of hydrogen-bond donors (Lipinski definition) is 4. The van der Waals surface area contributed by atoms with E-state index in [9.17, 15) is 15.3 Å². The van der Waals surface area contributed by atoms with Gasteiger partial charge in [-0.2, -0.15) is 0 Å². The summed E-state index contributed by atoms with van der Waals surface area (Å²) in [7, 11) is 0. The molecule has 0 bridgehead atoms. The number of nitrogens with one attached hydrogen (secondary N) is 1. The van der Waals surface area contributed by atoms with Crippen LogP contribution >= 0.6 is 0 Å². The molecule has 0 unspecified atom stereocenters. The second-order valence-corrected chi connectivity index (χ2v) is 3.69. The number of fused-ring (bicyclic) bond motifs is 3. The van der Waals surface area contributed by atoms with Gasteiger partial charge < -0.3 is 20.3 Å². The minimum Gasteiger partial charge on any atom is -0.504 e. The highest BCUT2D eigenvalue weighted by Gasteiger charge is 2.15. The Hall–Kier alpha value is -2.36. The van der Waals surface area contributed by atoms with Crippen molar-refractivity contribution in [1.29, 1.82) is 0 Å². The highest BCUT2D eigenvalue weighted by molar-refractivity contribution is 6.11. The molecule has 16 heavy (non-hydrogen) atoms. The molecule has 0 spiro atoms. The first-order chi connectivity index (χ1) is 7.68. The minimum atomic E-state index is -0.489. The predicted octanol–water partition coefficient (Wildman–Crippen LogP) is 2.44. The maximum atomic E-state index is 9.80. The van der Waals surface area contributed by atoms with Crippen molar-refractivity contribution in [3.8, 4) is 17.2 Å². The summed E-state index contributed by atoms with van der Waals surface area (Å²) in [5.41, 5.74) is 1.44. The maximum absolute atomic E-state index is 9.80. The number of hydrogen-bond acceptors (Lipinski definition) is 3. The SMILES string of the molecule is Oc1cc2[nH]c3ccccc3c2c(O)c1O. The second kappa shape index (κ2) is 2.82. The average Bonchev–Trinajstić information content (AvgIpc) is 2.64. The van der Waals surface area contributed by atoms with Crippen LogP contribution in [0.4, 0.5) is 0 Å². The van der Waals surface area contributed by atoms with E-state index < -0.39 is 5.75 Å². The summed E-state index contributed by atoms with van der Waals surface area (Å²) in [6.45, 7) is 0. The standard InChI is InChI=1S/C12H9NO3/c14-9-5-8-10(12(16)11(9)15)6-3-1-2-4-7(6)13-8/h1-5,13-16H. The Bertz CT molecular complexity index is 700.